The molecule has 0 saturated heterocycles. The van der Waals surface area contributed by atoms with E-state index in [-0.39, 0.29) is 5.78 Å². The normalized spacial score (nSPS) is 10.8. The van der Waals surface area contributed by atoms with Gasteiger partial charge in [-0.3, -0.25) is 9.78 Å². The highest BCUT2D eigenvalue weighted by molar-refractivity contribution is 6.04. The predicted octanol–water partition coefficient (Wildman–Crippen LogP) is 3.10. The van der Waals surface area contributed by atoms with Crippen molar-refractivity contribution in [3.05, 3.63) is 60.6 Å². The van der Waals surface area contributed by atoms with Gasteiger partial charge in [0.25, 0.3) is 0 Å². The molecule has 2 aromatic rings. The summed E-state index contributed by atoms with van der Waals surface area (Å²) in [5, 5.41) is 7.81. The number of pyridine rings is 1. The average Bonchev–Trinajstić information content (AvgIpc) is 2.94. The standard InChI is InChI=1S/C18H23N5O/c1-5-7-11-20-17-16(14(3)24)18(22(4)6-2)21-23(17)13-15-9-8-10-19-12-15/h5,7-12,20H,1,6,13H2,2-4H3/b11-7+. The highest BCUT2D eigenvalue weighted by atomic mass is 16.1. The number of nitrogens with zero attached hydrogens (tertiary/aromatic N) is 4. The van der Waals surface area contributed by atoms with Crippen molar-refractivity contribution < 1.29 is 4.79 Å². The molecule has 0 atom stereocenters. The summed E-state index contributed by atoms with van der Waals surface area (Å²) in [7, 11) is 1.92. The van der Waals surface area contributed by atoms with Gasteiger partial charge in [-0.2, -0.15) is 5.10 Å². The van der Waals surface area contributed by atoms with Crippen molar-refractivity contribution in [2.75, 3.05) is 23.8 Å². The van der Waals surface area contributed by atoms with Gasteiger partial charge in [-0.15, -0.1) is 0 Å². The number of hydrogen-bond donors (Lipinski definition) is 1. The first kappa shape index (κ1) is 17.5. The van der Waals surface area contributed by atoms with Crippen LogP contribution in [0, 0.1) is 0 Å². The SMILES string of the molecule is C=C/C=C/Nc1c(C(C)=O)c(N(C)CC)nn1Cc1cccnc1. The van der Waals surface area contributed by atoms with Gasteiger partial charge in [-0.05, 0) is 31.6 Å². The third-order valence-electron chi connectivity index (χ3n) is 3.63. The zero-order valence-corrected chi connectivity index (χ0v) is 14.4. The molecule has 0 amide bonds. The van der Waals surface area contributed by atoms with Gasteiger partial charge in [0.05, 0.1) is 6.54 Å². The van der Waals surface area contributed by atoms with E-state index < -0.39 is 0 Å². The molecule has 0 saturated carbocycles. The van der Waals surface area contributed by atoms with Crippen LogP contribution in [-0.4, -0.2) is 34.1 Å². The van der Waals surface area contributed by atoms with Crippen molar-refractivity contribution in [2.24, 2.45) is 0 Å². The first-order chi connectivity index (χ1) is 11.6. The Labute approximate surface area is 142 Å². The number of Topliss-reactive ketones (excluding diaryl/α,β-unsaturated/α-hetero) is 1. The Morgan fingerprint density at radius 2 is 2.29 bits per heavy atom. The first-order valence-electron chi connectivity index (χ1n) is 7.84. The molecule has 6 nitrogen and oxygen atoms in total. The van der Waals surface area contributed by atoms with Crippen molar-refractivity contribution in [3.63, 3.8) is 0 Å². The number of nitrogens with one attached hydrogen (secondary N) is 1. The highest BCUT2D eigenvalue weighted by Gasteiger charge is 2.23. The maximum Gasteiger partial charge on any atom is 0.167 e. The van der Waals surface area contributed by atoms with Gasteiger partial charge in [0, 0.05) is 32.2 Å². The molecule has 6 heteroatoms. The van der Waals surface area contributed by atoms with Crippen LogP contribution in [0.4, 0.5) is 11.6 Å². The second-order valence-electron chi connectivity index (χ2n) is 5.38. The van der Waals surface area contributed by atoms with E-state index >= 15 is 0 Å². The van der Waals surface area contributed by atoms with E-state index in [2.05, 4.69) is 22.0 Å². The number of ketones is 1. The lowest BCUT2D eigenvalue weighted by atomic mass is 10.2. The summed E-state index contributed by atoms with van der Waals surface area (Å²) in [6.45, 7) is 8.51. The second-order valence-corrected chi connectivity index (χ2v) is 5.38. The van der Waals surface area contributed by atoms with Crippen LogP contribution < -0.4 is 10.2 Å². The quantitative estimate of drug-likeness (QED) is 0.597. The molecular formula is C18H23N5O. The minimum atomic E-state index is -0.0303. The van der Waals surface area contributed by atoms with Crippen LogP contribution in [0.2, 0.25) is 0 Å². The van der Waals surface area contributed by atoms with Crippen molar-refractivity contribution in [1.82, 2.24) is 14.8 Å². The van der Waals surface area contributed by atoms with Crippen LogP contribution in [-0.2, 0) is 6.54 Å². The summed E-state index contributed by atoms with van der Waals surface area (Å²) in [6, 6.07) is 3.86. The van der Waals surface area contributed by atoms with Crippen LogP contribution in [0.15, 0.2) is 49.5 Å². The van der Waals surface area contributed by atoms with Gasteiger partial charge < -0.3 is 10.2 Å². The van der Waals surface area contributed by atoms with Gasteiger partial charge >= 0.3 is 0 Å². The zero-order valence-electron chi connectivity index (χ0n) is 14.4. The molecule has 0 aromatic carbocycles. The summed E-state index contributed by atoms with van der Waals surface area (Å²) in [6.07, 6.45) is 8.71. The number of anilines is 2. The predicted molar refractivity (Wildman–Crippen MR) is 97.5 cm³/mol. The molecule has 2 aromatic heterocycles. The molecule has 1 N–H and O–H groups in total. The number of carbonyl (C=O) groups is 1. The smallest absolute Gasteiger partial charge is 0.167 e. The Bertz CT molecular complexity index is 733. The molecule has 2 rings (SSSR count). The Morgan fingerprint density at radius 1 is 1.50 bits per heavy atom. The summed E-state index contributed by atoms with van der Waals surface area (Å²) in [4.78, 5) is 18.3. The Morgan fingerprint density at radius 3 is 2.88 bits per heavy atom. The van der Waals surface area contributed by atoms with E-state index in [4.69, 9.17) is 0 Å². The Kier molecular flexibility index (Phi) is 5.89. The molecule has 0 aliphatic heterocycles. The second kappa shape index (κ2) is 8.10. The van der Waals surface area contributed by atoms with Crippen LogP contribution in [0.25, 0.3) is 0 Å². The fraction of sp³-hybridized carbons (Fsp3) is 0.278. The molecule has 0 aliphatic carbocycles. The van der Waals surface area contributed by atoms with Crippen molar-refractivity contribution in [1.29, 1.82) is 0 Å². The fourth-order valence-electron chi connectivity index (χ4n) is 2.31. The molecule has 0 bridgehead atoms. The van der Waals surface area contributed by atoms with Crippen molar-refractivity contribution >= 4 is 17.4 Å². The molecule has 2 heterocycles. The monoisotopic (exact) mass is 325 g/mol. The van der Waals surface area contributed by atoms with Gasteiger partial charge in [-0.25, -0.2) is 4.68 Å². The van der Waals surface area contributed by atoms with E-state index in [1.807, 2.05) is 31.0 Å². The summed E-state index contributed by atoms with van der Waals surface area (Å²) >= 11 is 0. The lowest BCUT2D eigenvalue weighted by Crippen LogP contribution is -2.19. The number of carbonyl (C=O) groups excluding carboxylic acids is 1. The van der Waals surface area contributed by atoms with Gasteiger partial charge in [0.15, 0.2) is 11.6 Å². The molecule has 126 valence electrons. The first-order valence-corrected chi connectivity index (χ1v) is 7.84. The van der Waals surface area contributed by atoms with E-state index in [1.165, 1.54) is 0 Å². The summed E-state index contributed by atoms with van der Waals surface area (Å²) < 4.78 is 1.79. The van der Waals surface area contributed by atoms with E-state index in [0.29, 0.717) is 23.7 Å². The molecule has 0 unspecified atom stereocenters. The van der Waals surface area contributed by atoms with E-state index in [1.54, 1.807) is 42.4 Å². The van der Waals surface area contributed by atoms with E-state index in [9.17, 15) is 4.79 Å². The van der Waals surface area contributed by atoms with Crippen molar-refractivity contribution in [3.8, 4) is 0 Å². The number of aromatic nitrogens is 3. The molecule has 0 fully saturated rings. The molecule has 0 aliphatic rings. The van der Waals surface area contributed by atoms with Crippen molar-refractivity contribution in [2.45, 2.75) is 20.4 Å². The fourth-order valence-corrected chi connectivity index (χ4v) is 2.31. The minimum Gasteiger partial charge on any atom is -0.358 e. The largest absolute Gasteiger partial charge is 0.358 e. The molecule has 0 spiro atoms. The van der Waals surface area contributed by atoms with Crippen LogP contribution in [0.5, 0.6) is 0 Å². The zero-order chi connectivity index (χ0) is 17.5. The lowest BCUT2D eigenvalue weighted by molar-refractivity contribution is 0.101. The van der Waals surface area contributed by atoms with Gasteiger partial charge in [0.2, 0.25) is 0 Å². The summed E-state index contributed by atoms with van der Waals surface area (Å²) in [5.74, 6) is 1.31. The third-order valence-corrected chi connectivity index (χ3v) is 3.63. The maximum absolute atomic E-state index is 12.2. The number of rotatable bonds is 8. The molecule has 24 heavy (non-hydrogen) atoms. The van der Waals surface area contributed by atoms with Crippen LogP contribution in [0.3, 0.4) is 0 Å². The average molecular weight is 325 g/mol. The molecular weight excluding hydrogens is 302 g/mol. The maximum atomic E-state index is 12.2. The Balaban J connectivity index is 2.51. The minimum absolute atomic E-state index is 0.0303. The number of allylic oxidation sites excluding steroid dienone is 2. The molecule has 0 radical (unpaired) electrons. The highest BCUT2D eigenvalue weighted by Crippen LogP contribution is 2.28. The number of hydrogen-bond acceptors (Lipinski definition) is 5. The van der Waals surface area contributed by atoms with Crippen LogP contribution in [0.1, 0.15) is 29.8 Å². The topological polar surface area (TPSA) is 63.1 Å². The van der Waals surface area contributed by atoms with Crippen LogP contribution >= 0.6 is 0 Å². The van der Waals surface area contributed by atoms with E-state index in [0.717, 1.165) is 12.1 Å². The lowest BCUT2D eigenvalue weighted by Gasteiger charge is -2.14. The third kappa shape index (κ3) is 3.90. The van der Waals surface area contributed by atoms with Gasteiger partial charge in [-0.1, -0.05) is 18.7 Å². The summed E-state index contributed by atoms with van der Waals surface area (Å²) in [5.41, 5.74) is 1.59. The van der Waals surface area contributed by atoms with Gasteiger partial charge in [0.1, 0.15) is 11.4 Å². The Hall–Kier alpha value is -2.89.